The van der Waals surface area contributed by atoms with E-state index in [1.165, 1.54) is 5.69 Å². The average Bonchev–Trinajstić information content (AvgIpc) is 2.64. The van der Waals surface area contributed by atoms with E-state index in [0.29, 0.717) is 0 Å². The molecule has 1 unspecified atom stereocenters. The summed E-state index contributed by atoms with van der Waals surface area (Å²) in [6.07, 6.45) is 3.43. The van der Waals surface area contributed by atoms with Crippen LogP contribution in [-0.2, 0) is 6.54 Å². The highest BCUT2D eigenvalue weighted by atomic mass is 16.3. The van der Waals surface area contributed by atoms with E-state index in [0.717, 1.165) is 25.9 Å². The Labute approximate surface area is 79.2 Å². The van der Waals surface area contributed by atoms with Gasteiger partial charge in [-0.15, -0.1) is 0 Å². The maximum Gasteiger partial charge on any atom is 0.0549 e. The minimum atomic E-state index is -0.156. The van der Waals surface area contributed by atoms with Crippen LogP contribution in [0.4, 0.5) is 0 Å². The van der Waals surface area contributed by atoms with Crippen LogP contribution in [0.15, 0.2) is 18.3 Å². The topological polar surface area (TPSA) is 48.0 Å². The second-order valence-corrected chi connectivity index (χ2v) is 3.22. The van der Waals surface area contributed by atoms with Gasteiger partial charge in [-0.3, -0.25) is 0 Å². The van der Waals surface area contributed by atoms with Gasteiger partial charge in [0.15, 0.2) is 0 Å². The average molecular weight is 182 g/mol. The number of aliphatic hydroxyl groups is 1. The first-order valence-corrected chi connectivity index (χ1v) is 4.84. The van der Waals surface area contributed by atoms with Crippen LogP contribution in [0.25, 0.3) is 0 Å². The Morgan fingerprint density at radius 2 is 2.46 bits per heavy atom. The normalized spacial score (nSPS) is 13.1. The monoisotopic (exact) mass is 182 g/mol. The van der Waals surface area contributed by atoms with E-state index in [1.54, 1.807) is 0 Å². The number of H-pyrrole nitrogens is 1. The van der Waals surface area contributed by atoms with Crippen molar-refractivity contribution in [2.75, 3.05) is 6.54 Å². The zero-order valence-electron chi connectivity index (χ0n) is 8.09. The molecule has 74 valence electrons. The SMILES string of the molecule is CCC(O)CCNCc1ccc[nH]1. The molecule has 1 aromatic heterocycles. The summed E-state index contributed by atoms with van der Waals surface area (Å²) in [6.45, 7) is 3.72. The van der Waals surface area contributed by atoms with E-state index < -0.39 is 0 Å². The van der Waals surface area contributed by atoms with Crippen molar-refractivity contribution in [3.05, 3.63) is 24.0 Å². The molecule has 1 rings (SSSR count). The third-order valence-electron chi connectivity index (χ3n) is 2.10. The molecule has 0 saturated heterocycles. The fourth-order valence-electron chi connectivity index (χ4n) is 1.17. The van der Waals surface area contributed by atoms with Crippen LogP contribution in [0, 0.1) is 0 Å². The first-order valence-electron chi connectivity index (χ1n) is 4.84. The second kappa shape index (κ2) is 5.78. The van der Waals surface area contributed by atoms with Gasteiger partial charge in [-0.25, -0.2) is 0 Å². The highest BCUT2D eigenvalue weighted by Crippen LogP contribution is 1.96. The number of aliphatic hydroxyl groups excluding tert-OH is 1. The number of aromatic amines is 1. The molecule has 0 fully saturated rings. The molecule has 3 N–H and O–H groups in total. The van der Waals surface area contributed by atoms with Crippen LogP contribution in [0.3, 0.4) is 0 Å². The van der Waals surface area contributed by atoms with Crippen molar-refractivity contribution >= 4 is 0 Å². The van der Waals surface area contributed by atoms with E-state index >= 15 is 0 Å². The lowest BCUT2D eigenvalue weighted by atomic mass is 10.2. The lowest BCUT2D eigenvalue weighted by Gasteiger charge is -2.07. The molecule has 0 radical (unpaired) electrons. The highest BCUT2D eigenvalue weighted by Gasteiger charge is 1.99. The van der Waals surface area contributed by atoms with Gasteiger partial charge in [0.05, 0.1) is 6.10 Å². The van der Waals surface area contributed by atoms with Gasteiger partial charge in [0.2, 0.25) is 0 Å². The number of aromatic nitrogens is 1. The van der Waals surface area contributed by atoms with Gasteiger partial charge in [-0.1, -0.05) is 6.92 Å². The molecule has 0 aliphatic heterocycles. The molecule has 0 bridgehead atoms. The molecule has 1 aromatic rings. The first kappa shape index (κ1) is 10.3. The molecule has 0 amide bonds. The minimum absolute atomic E-state index is 0.156. The van der Waals surface area contributed by atoms with Gasteiger partial charge in [0.25, 0.3) is 0 Å². The Balaban J connectivity index is 2.02. The van der Waals surface area contributed by atoms with Gasteiger partial charge in [0, 0.05) is 18.4 Å². The molecule has 0 aromatic carbocycles. The summed E-state index contributed by atoms with van der Waals surface area (Å²) in [7, 11) is 0. The van der Waals surface area contributed by atoms with E-state index in [9.17, 15) is 5.11 Å². The van der Waals surface area contributed by atoms with Crippen LogP contribution in [-0.4, -0.2) is 22.7 Å². The smallest absolute Gasteiger partial charge is 0.0549 e. The molecule has 13 heavy (non-hydrogen) atoms. The van der Waals surface area contributed by atoms with Crippen LogP contribution >= 0.6 is 0 Å². The molecule has 3 nitrogen and oxygen atoms in total. The second-order valence-electron chi connectivity index (χ2n) is 3.22. The summed E-state index contributed by atoms with van der Waals surface area (Å²) < 4.78 is 0. The molecule has 0 saturated carbocycles. The number of nitrogens with one attached hydrogen (secondary N) is 2. The molecule has 0 aliphatic rings. The maximum absolute atomic E-state index is 9.27. The number of hydrogen-bond acceptors (Lipinski definition) is 2. The Hall–Kier alpha value is -0.800. The quantitative estimate of drug-likeness (QED) is 0.580. The van der Waals surface area contributed by atoms with Gasteiger partial charge in [-0.05, 0) is 31.5 Å². The predicted molar refractivity (Wildman–Crippen MR) is 53.4 cm³/mol. The summed E-state index contributed by atoms with van der Waals surface area (Å²) in [6, 6.07) is 4.03. The standard InChI is InChI=1S/C10H18N2O/c1-2-10(13)5-7-11-8-9-4-3-6-12-9/h3-4,6,10-13H,2,5,7-8H2,1H3. The molecular formula is C10H18N2O. The molecule has 0 aliphatic carbocycles. The largest absolute Gasteiger partial charge is 0.393 e. The van der Waals surface area contributed by atoms with Gasteiger partial charge < -0.3 is 15.4 Å². The van der Waals surface area contributed by atoms with Crippen LogP contribution in [0.2, 0.25) is 0 Å². The summed E-state index contributed by atoms with van der Waals surface area (Å²) >= 11 is 0. The Kier molecular flexibility index (Phi) is 4.57. The van der Waals surface area contributed by atoms with Crippen LogP contribution < -0.4 is 5.32 Å². The summed E-state index contributed by atoms with van der Waals surface area (Å²) in [5, 5.41) is 12.5. The third kappa shape index (κ3) is 4.10. The van der Waals surface area contributed by atoms with E-state index in [4.69, 9.17) is 0 Å². The lowest BCUT2D eigenvalue weighted by Crippen LogP contribution is -2.19. The Bertz CT molecular complexity index is 209. The summed E-state index contributed by atoms with van der Waals surface area (Å²) in [4.78, 5) is 3.11. The van der Waals surface area contributed by atoms with Gasteiger partial charge in [-0.2, -0.15) is 0 Å². The molecule has 1 heterocycles. The summed E-state index contributed by atoms with van der Waals surface area (Å²) in [5.41, 5.74) is 1.19. The number of hydrogen-bond donors (Lipinski definition) is 3. The highest BCUT2D eigenvalue weighted by molar-refractivity contribution is 5.02. The zero-order valence-corrected chi connectivity index (χ0v) is 8.09. The molecule has 1 atom stereocenters. The van der Waals surface area contributed by atoms with Gasteiger partial charge >= 0.3 is 0 Å². The maximum atomic E-state index is 9.27. The van der Waals surface area contributed by atoms with Crippen molar-refractivity contribution < 1.29 is 5.11 Å². The van der Waals surface area contributed by atoms with Crippen molar-refractivity contribution in [2.24, 2.45) is 0 Å². The van der Waals surface area contributed by atoms with Crippen molar-refractivity contribution in [2.45, 2.75) is 32.4 Å². The Morgan fingerprint density at radius 3 is 3.08 bits per heavy atom. The fraction of sp³-hybridized carbons (Fsp3) is 0.600. The number of rotatable bonds is 6. The molecular weight excluding hydrogens is 164 g/mol. The van der Waals surface area contributed by atoms with Gasteiger partial charge in [0.1, 0.15) is 0 Å². The van der Waals surface area contributed by atoms with Crippen molar-refractivity contribution in [1.29, 1.82) is 0 Å². The van der Waals surface area contributed by atoms with Crippen molar-refractivity contribution in [1.82, 2.24) is 10.3 Å². The van der Waals surface area contributed by atoms with Crippen molar-refractivity contribution in [3.8, 4) is 0 Å². The summed E-state index contributed by atoms with van der Waals surface area (Å²) in [5.74, 6) is 0. The fourth-order valence-corrected chi connectivity index (χ4v) is 1.17. The van der Waals surface area contributed by atoms with Crippen molar-refractivity contribution in [3.63, 3.8) is 0 Å². The molecule has 0 spiro atoms. The van der Waals surface area contributed by atoms with E-state index in [2.05, 4.69) is 10.3 Å². The lowest BCUT2D eigenvalue weighted by molar-refractivity contribution is 0.159. The first-order chi connectivity index (χ1) is 6.33. The predicted octanol–water partition coefficient (Wildman–Crippen LogP) is 1.27. The third-order valence-corrected chi connectivity index (χ3v) is 2.10. The van der Waals surface area contributed by atoms with Crippen LogP contribution in [0.5, 0.6) is 0 Å². The minimum Gasteiger partial charge on any atom is -0.393 e. The molecule has 3 heteroatoms. The van der Waals surface area contributed by atoms with E-state index in [-0.39, 0.29) is 6.10 Å². The Morgan fingerprint density at radius 1 is 1.62 bits per heavy atom. The van der Waals surface area contributed by atoms with Crippen LogP contribution in [0.1, 0.15) is 25.5 Å². The van der Waals surface area contributed by atoms with E-state index in [1.807, 2.05) is 25.3 Å². The zero-order chi connectivity index (χ0) is 9.52.